The third kappa shape index (κ3) is 3.94. The van der Waals surface area contributed by atoms with Crippen molar-refractivity contribution >= 4 is 0 Å². The van der Waals surface area contributed by atoms with Gasteiger partial charge in [-0.2, -0.15) is 0 Å². The Labute approximate surface area is 105 Å². The summed E-state index contributed by atoms with van der Waals surface area (Å²) in [7, 11) is 1.76. The van der Waals surface area contributed by atoms with Crippen molar-refractivity contribution in [2.45, 2.75) is 44.6 Å². The second kappa shape index (κ2) is 7.34. The summed E-state index contributed by atoms with van der Waals surface area (Å²) in [6.45, 7) is 3.84. The second-order valence-electron chi connectivity index (χ2n) is 5.48. The van der Waals surface area contributed by atoms with Crippen LogP contribution in [-0.4, -0.2) is 39.5 Å². The maximum Gasteiger partial charge on any atom is 0.0644 e. The SMILES string of the molecule is COCCNCC1CCOC1C1CCCCC1. The molecule has 2 fully saturated rings. The maximum absolute atomic E-state index is 5.99. The molecule has 2 unspecified atom stereocenters. The van der Waals surface area contributed by atoms with Crippen LogP contribution in [0.1, 0.15) is 38.5 Å². The van der Waals surface area contributed by atoms with Crippen molar-refractivity contribution < 1.29 is 9.47 Å². The van der Waals surface area contributed by atoms with Gasteiger partial charge in [-0.25, -0.2) is 0 Å². The summed E-state index contributed by atoms with van der Waals surface area (Å²) in [5.41, 5.74) is 0. The Balaban J connectivity index is 1.72. The summed E-state index contributed by atoms with van der Waals surface area (Å²) in [6, 6.07) is 0. The average molecular weight is 241 g/mol. The van der Waals surface area contributed by atoms with Gasteiger partial charge in [0.1, 0.15) is 0 Å². The lowest BCUT2D eigenvalue weighted by Crippen LogP contribution is -2.35. The zero-order chi connectivity index (χ0) is 11.9. The molecule has 2 aliphatic rings. The minimum absolute atomic E-state index is 0.533. The van der Waals surface area contributed by atoms with Gasteiger partial charge in [-0.1, -0.05) is 19.3 Å². The highest BCUT2D eigenvalue weighted by molar-refractivity contribution is 4.85. The van der Waals surface area contributed by atoms with Gasteiger partial charge in [-0.15, -0.1) is 0 Å². The van der Waals surface area contributed by atoms with E-state index < -0.39 is 0 Å². The Morgan fingerprint density at radius 3 is 2.76 bits per heavy atom. The predicted octanol–water partition coefficient (Wildman–Crippen LogP) is 2.21. The first kappa shape index (κ1) is 13.3. The van der Waals surface area contributed by atoms with Gasteiger partial charge in [0, 0.05) is 32.7 Å². The molecule has 2 atom stereocenters. The molecule has 0 amide bonds. The first-order chi connectivity index (χ1) is 8.42. The van der Waals surface area contributed by atoms with Gasteiger partial charge in [-0.05, 0) is 25.2 Å². The smallest absolute Gasteiger partial charge is 0.0644 e. The van der Waals surface area contributed by atoms with Gasteiger partial charge < -0.3 is 14.8 Å². The van der Waals surface area contributed by atoms with Gasteiger partial charge in [0.25, 0.3) is 0 Å². The molecule has 0 bridgehead atoms. The monoisotopic (exact) mass is 241 g/mol. The molecular formula is C14H27NO2. The van der Waals surface area contributed by atoms with Crippen molar-refractivity contribution in [2.75, 3.05) is 33.4 Å². The van der Waals surface area contributed by atoms with Crippen LogP contribution < -0.4 is 5.32 Å². The van der Waals surface area contributed by atoms with Crippen LogP contribution in [-0.2, 0) is 9.47 Å². The summed E-state index contributed by atoms with van der Waals surface area (Å²) in [5.74, 6) is 1.57. The lowest BCUT2D eigenvalue weighted by molar-refractivity contribution is 0.0266. The zero-order valence-electron chi connectivity index (χ0n) is 11.1. The fourth-order valence-corrected chi connectivity index (χ4v) is 3.32. The van der Waals surface area contributed by atoms with Crippen LogP contribution in [0, 0.1) is 11.8 Å². The molecule has 3 nitrogen and oxygen atoms in total. The van der Waals surface area contributed by atoms with E-state index in [2.05, 4.69) is 5.32 Å². The molecule has 1 N–H and O–H groups in total. The third-order valence-corrected chi connectivity index (χ3v) is 4.27. The van der Waals surface area contributed by atoms with E-state index in [4.69, 9.17) is 9.47 Å². The first-order valence-electron chi connectivity index (χ1n) is 7.23. The van der Waals surface area contributed by atoms with E-state index in [9.17, 15) is 0 Å². The molecule has 0 aromatic heterocycles. The van der Waals surface area contributed by atoms with E-state index >= 15 is 0 Å². The fourth-order valence-electron chi connectivity index (χ4n) is 3.32. The van der Waals surface area contributed by atoms with Crippen molar-refractivity contribution in [3.63, 3.8) is 0 Å². The Bertz CT molecular complexity index is 204. The Morgan fingerprint density at radius 1 is 1.18 bits per heavy atom. The molecular weight excluding hydrogens is 214 g/mol. The van der Waals surface area contributed by atoms with Crippen LogP contribution in [0.25, 0.3) is 0 Å². The van der Waals surface area contributed by atoms with E-state index in [1.54, 1.807) is 7.11 Å². The minimum atomic E-state index is 0.533. The molecule has 3 heteroatoms. The van der Waals surface area contributed by atoms with E-state index in [0.717, 1.165) is 38.1 Å². The molecule has 0 aromatic carbocycles. The van der Waals surface area contributed by atoms with Crippen molar-refractivity contribution in [3.05, 3.63) is 0 Å². The normalized spacial score (nSPS) is 30.9. The Morgan fingerprint density at radius 2 is 2.00 bits per heavy atom. The minimum Gasteiger partial charge on any atom is -0.383 e. The predicted molar refractivity (Wildman–Crippen MR) is 69.2 cm³/mol. The molecule has 1 aliphatic heterocycles. The molecule has 1 saturated heterocycles. The summed E-state index contributed by atoms with van der Waals surface area (Å²) in [5, 5.41) is 3.49. The molecule has 0 aromatic rings. The van der Waals surface area contributed by atoms with Crippen LogP contribution in [0.15, 0.2) is 0 Å². The fraction of sp³-hybridized carbons (Fsp3) is 1.00. The average Bonchev–Trinajstić information content (AvgIpc) is 2.84. The Hall–Kier alpha value is -0.120. The number of hydrogen-bond donors (Lipinski definition) is 1. The van der Waals surface area contributed by atoms with E-state index in [1.807, 2.05) is 0 Å². The number of methoxy groups -OCH3 is 1. The quantitative estimate of drug-likeness (QED) is 0.723. The van der Waals surface area contributed by atoms with Crippen molar-refractivity contribution in [1.82, 2.24) is 5.32 Å². The molecule has 0 radical (unpaired) electrons. The van der Waals surface area contributed by atoms with Crippen molar-refractivity contribution in [3.8, 4) is 0 Å². The first-order valence-corrected chi connectivity index (χ1v) is 7.23. The molecule has 100 valence electrons. The summed E-state index contributed by atoms with van der Waals surface area (Å²) < 4.78 is 11.0. The largest absolute Gasteiger partial charge is 0.383 e. The zero-order valence-corrected chi connectivity index (χ0v) is 11.1. The van der Waals surface area contributed by atoms with Gasteiger partial charge >= 0.3 is 0 Å². The highest BCUT2D eigenvalue weighted by Gasteiger charge is 2.34. The van der Waals surface area contributed by atoms with Crippen LogP contribution in [0.4, 0.5) is 0 Å². The molecule has 2 rings (SSSR count). The highest BCUT2D eigenvalue weighted by atomic mass is 16.5. The maximum atomic E-state index is 5.99. The van der Waals surface area contributed by atoms with Crippen molar-refractivity contribution in [1.29, 1.82) is 0 Å². The second-order valence-corrected chi connectivity index (χ2v) is 5.48. The standard InChI is InChI=1S/C14H27NO2/c1-16-10-8-15-11-13-7-9-17-14(13)12-5-3-2-4-6-12/h12-15H,2-11H2,1H3. The van der Waals surface area contributed by atoms with Gasteiger partial charge in [0.05, 0.1) is 12.7 Å². The lowest BCUT2D eigenvalue weighted by atomic mass is 9.80. The topological polar surface area (TPSA) is 30.5 Å². The molecule has 1 aliphatic carbocycles. The number of nitrogens with one attached hydrogen (secondary N) is 1. The van der Waals surface area contributed by atoms with Gasteiger partial charge in [0.15, 0.2) is 0 Å². The van der Waals surface area contributed by atoms with Gasteiger partial charge in [0.2, 0.25) is 0 Å². The van der Waals surface area contributed by atoms with Crippen LogP contribution in [0.5, 0.6) is 0 Å². The van der Waals surface area contributed by atoms with Crippen LogP contribution in [0.3, 0.4) is 0 Å². The van der Waals surface area contributed by atoms with E-state index in [0.29, 0.717) is 6.10 Å². The van der Waals surface area contributed by atoms with Crippen molar-refractivity contribution in [2.24, 2.45) is 11.8 Å². The van der Waals surface area contributed by atoms with Gasteiger partial charge in [-0.3, -0.25) is 0 Å². The highest BCUT2D eigenvalue weighted by Crippen LogP contribution is 2.35. The Kier molecular flexibility index (Phi) is 5.75. The lowest BCUT2D eigenvalue weighted by Gasteiger charge is -2.30. The summed E-state index contributed by atoms with van der Waals surface area (Å²) in [6.07, 6.45) is 8.80. The summed E-state index contributed by atoms with van der Waals surface area (Å²) in [4.78, 5) is 0. The molecule has 17 heavy (non-hydrogen) atoms. The number of rotatable bonds is 6. The number of hydrogen-bond acceptors (Lipinski definition) is 3. The third-order valence-electron chi connectivity index (χ3n) is 4.27. The molecule has 1 heterocycles. The van der Waals surface area contributed by atoms with Crippen LogP contribution in [0.2, 0.25) is 0 Å². The van der Waals surface area contributed by atoms with Crippen LogP contribution >= 0.6 is 0 Å². The number of ether oxygens (including phenoxy) is 2. The van der Waals surface area contributed by atoms with E-state index in [-0.39, 0.29) is 0 Å². The molecule has 0 spiro atoms. The summed E-state index contributed by atoms with van der Waals surface area (Å²) >= 11 is 0. The molecule has 1 saturated carbocycles. The van der Waals surface area contributed by atoms with E-state index in [1.165, 1.54) is 38.5 Å².